The average molecular weight is 316 g/mol. The SMILES string of the molecule is O=C(NCc1ccno1)c1cccc(Br)c1Cl. The number of aromatic nitrogens is 1. The summed E-state index contributed by atoms with van der Waals surface area (Å²) in [7, 11) is 0. The maximum absolute atomic E-state index is 11.8. The molecule has 88 valence electrons. The Hall–Kier alpha value is -1.33. The summed E-state index contributed by atoms with van der Waals surface area (Å²) >= 11 is 9.27. The maximum atomic E-state index is 11.8. The van der Waals surface area contributed by atoms with Crippen molar-refractivity contribution in [3.05, 3.63) is 51.3 Å². The zero-order valence-corrected chi connectivity index (χ0v) is 11.0. The Kier molecular flexibility index (Phi) is 3.81. The van der Waals surface area contributed by atoms with Crippen molar-refractivity contribution in [3.63, 3.8) is 0 Å². The van der Waals surface area contributed by atoms with Crippen molar-refractivity contribution in [2.45, 2.75) is 6.54 Å². The summed E-state index contributed by atoms with van der Waals surface area (Å²) in [5, 5.41) is 6.63. The van der Waals surface area contributed by atoms with E-state index in [9.17, 15) is 4.79 Å². The standard InChI is InChI=1S/C11H8BrClN2O2/c12-9-3-1-2-8(10(9)13)11(16)14-6-7-4-5-15-17-7/h1-5H,6H2,(H,14,16). The summed E-state index contributed by atoms with van der Waals surface area (Å²) in [6, 6.07) is 6.86. The molecule has 1 aromatic carbocycles. The van der Waals surface area contributed by atoms with Gasteiger partial charge in [-0.3, -0.25) is 4.79 Å². The molecule has 0 aliphatic rings. The smallest absolute Gasteiger partial charge is 0.253 e. The Morgan fingerprint density at radius 2 is 2.29 bits per heavy atom. The normalized spacial score (nSPS) is 10.2. The molecule has 0 radical (unpaired) electrons. The number of rotatable bonds is 3. The van der Waals surface area contributed by atoms with Crippen LogP contribution < -0.4 is 5.32 Å². The van der Waals surface area contributed by atoms with Crippen LogP contribution in [-0.2, 0) is 6.54 Å². The minimum absolute atomic E-state index is 0.257. The highest BCUT2D eigenvalue weighted by Crippen LogP contribution is 2.25. The number of benzene rings is 1. The molecule has 1 heterocycles. The highest BCUT2D eigenvalue weighted by atomic mass is 79.9. The van der Waals surface area contributed by atoms with Crippen molar-refractivity contribution in [1.82, 2.24) is 10.5 Å². The predicted molar refractivity (Wildman–Crippen MR) is 66.8 cm³/mol. The molecular formula is C11H8BrClN2O2. The average Bonchev–Trinajstić information content (AvgIpc) is 2.82. The fourth-order valence-corrected chi connectivity index (χ4v) is 1.85. The first-order chi connectivity index (χ1) is 8.18. The van der Waals surface area contributed by atoms with Crippen molar-refractivity contribution in [3.8, 4) is 0 Å². The van der Waals surface area contributed by atoms with Crippen molar-refractivity contribution in [2.75, 3.05) is 0 Å². The second kappa shape index (κ2) is 5.33. The molecule has 2 aromatic rings. The summed E-state index contributed by atoms with van der Waals surface area (Å²) in [4.78, 5) is 11.8. The van der Waals surface area contributed by atoms with E-state index in [0.29, 0.717) is 20.8 Å². The van der Waals surface area contributed by atoms with Crippen LogP contribution in [0, 0.1) is 0 Å². The highest BCUT2D eigenvalue weighted by molar-refractivity contribution is 9.10. The number of hydrogen-bond donors (Lipinski definition) is 1. The maximum Gasteiger partial charge on any atom is 0.253 e. The Labute approximate surface area is 111 Å². The lowest BCUT2D eigenvalue weighted by Crippen LogP contribution is -2.22. The fraction of sp³-hybridized carbons (Fsp3) is 0.0909. The van der Waals surface area contributed by atoms with Crippen LogP contribution in [0.2, 0.25) is 5.02 Å². The van der Waals surface area contributed by atoms with Gasteiger partial charge in [0.2, 0.25) is 0 Å². The molecule has 0 saturated carbocycles. The molecule has 0 unspecified atom stereocenters. The largest absolute Gasteiger partial charge is 0.360 e. The molecule has 4 nitrogen and oxygen atoms in total. The van der Waals surface area contributed by atoms with Crippen LogP contribution in [0.25, 0.3) is 0 Å². The molecule has 0 atom stereocenters. The Morgan fingerprint density at radius 3 is 3.00 bits per heavy atom. The number of nitrogens with zero attached hydrogens (tertiary/aromatic N) is 1. The van der Waals surface area contributed by atoms with Gasteiger partial charge in [-0.1, -0.05) is 22.8 Å². The summed E-state index contributed by atoms with van der Waals surface area (Å²) in [6.45, 7) is 0.279. The van der Waals surface area contributed by atoms with Gasteiger partial charge in [-0.15, -0.1) is 0 Å². The van der Waals surface area contributed by atoms with Crippen LogP contribution >= 0.6 is 27.5 Å². The van der Waals surface area contributed by atoms with Crippen molar-refractivity contribution < 1.29 is 9.32 Å². The number of halogens is 2. The molecule has 1 aromatic heterocycles. The number of nitrogens with one attached hydrogen (secondary N) is 1. The fourth-order valence-electron chi connectivity index (χ4n) is 1.28. The first-order valence-corrected chi connectivity index (χ1v) is 5.97. The minimum Gasteiger partial charge on any atom is -0.360 e. The van der Waals surface area contributed by atoms with Crippen molar-refractivity contribution in [2.24, 2.45) is 0 Å². The van der Waals surface area contributed by atoms with E-state index in [1.165, 1.54) is 6.20 Å². The summed E-state index contributed by atoms with van der Waals surface area (Å²) in [5.74, 6) is 0.331. The van der Waals surface area contributed by atoms with Gasteiger partial charge in [0, 0.05) is 10.5 Å². The van der Waals surface area contributed by atoms with Crippen molar-refractivity contribution >= 4 is 33.4 Å². The molecular weight excluding hydrogens is 307 g/mol. The first-order valence-electron chi connectivity index (χ1n) is 4.80. The van der Waals surface area contributed by atoms with Crippen LogP contribution in [0.15, 0.2) is 39.5 Å². The molecule has 17 heavy (non-hydrogen) atoms. The Balaban J connectivity index is 2.07. The van der Waals surface area contributed by atoms with E-state index in [2.05, 4.69) is 26.4 Å². The lowest BCUT2D eigenvalue weighted by atomic mass is 10.2. The second-order valence-corrected chi connectivity index (χ2v) is 4.50. The zero-order chi connectivity index (χ0) is 12.3. The summed E-state index contributed by atoms with van der Waals surface area (Å²) in [5.41, 5.74) is 0.417. The number of carbonyl (C=O) groups is 1. The van der Waals surface area contributed by atoms with E-state index >= 15 is 0 Å². The van der Waals surface area contributed by atoms with Crippen LogP contribution in [-0.4, -0.2) is 11.1 Å². The molecule has 2 rings (SSSR count). The zero-order valence-electron chi connectivity index (χ0n) is 8.61. The molecule has 0 aliphatic heterocycles. The van der Waals surface area contributed by atoms with E-state index in [-0.39, 0.29) is 12.5 Å². The first kappa shape index (κ1) is 12.1. The van der Waals surface area contributed by atoms with E-state index in [0.717, 1.165) is 0 Å². The number of amides is 1. The van der Waals surface area contributed by atoms with Gasteiger partial charge in [0.25, 0.3) is 5.91 Å². The van der Waals surface area contributed by atoms with Gasteiger partial charge in [0.1, 0.15) is 0 Å². The van der Waals surface area contributed by atoms with Crippen molar-refractivity contribution in [1.29, 1.82) is 0 Å². The Bertz CT molecular complexity index is 528. The molecule has 1 N–H and O–H groups in total. The van der Waals surface area contributed by atoms with E-state index in [1.807, 2.05) is 0 Å². The van der Waals surface area contributed by atoms with Crippen LogP contribution in [0.3, 0.4) is 0 Å². The van der Waals surface area contributed by atoms with E-state index in [1.54, 1.807) is 24.3 Å². The van der Waals surface area contributed by atoms with Gasteiger partial charge in [-0.2, -0.15) is 0 Å². The molecule has 0 fully saturated rings. The third-order valence-electron chi connectivity index (χ3n) is 2.11. The number of hydrogen-bond acceptors (Lipinski definition) is 3. The minimum atomic E-state index is -0.257. The van der Waals surface area contributed by atoms with Gasteiger partial charge in [0.05, 0.1) is 23.3 Å². The third-order valence-corrected chi connectivity index (χ3v) is 3.41. The monoisotopic (exact) mass is 314 g/mol. The molecule has 6 heteroatoms. The lowest BCUT2D eigenvalue weighted by Gasteiger charge is -2.05. The quantitative estimate of drug-likeness (QED) is 0.947. The second-order valence-electron chi connectivity index (χ2n) is 3.26. The van der Waals surface area contributed by atoms with Crippen LogP contribution in [0.5, 0.6) is 0 Å². The lowest BCUT2D eigenvalue weighted by molar-refractivity contribution is 0.0947. The topological polar surface area (TPSA) is 55.1 Å². The third kappa shape index (κ3) is 2.87. The highest BCUT2D eigenvalue weighted by Gasteiger charge is 2.12. The molecule has 0 saturated heterocycles. The summed E-state index contributed by atoms with van der Waals surface area (Å²) in [6.07, 6.45) is 1.52. The van der Waals surface area contributed by atoms with Gasteiger partial charge >= 0.3 is 0 Å². The van der Waals surface area contributed by atoms with Gasteiger partial charge < -0.3 is 9.84 Å². The van der Waals surface area contributed by atoms with Crippen LogP contribution in [0.4, 0.5) is 0 Å². The van der Waals surface area contributed by atoms with E-state index in [4.69, 9.17) is 16.1 Å². The van der Waals surface area contributed by atoms with Gasteiger partial charge in [0.15, 0.2) is 5.76 Å². The predicted octanol–water partition coefficient (Wildman–Crippen LogP) is 3.02. The molecule has 0 spiro atoms. The van der Waals surface area contributed by atoms with Crippen LogP contribution in [0.1, 0.15) is 16.1 Å². The molecule has 0 bridgehead atoms. The molecule has 1 amide bonds. The Morgan fingerprint density at radius 1 is 1.47 bits per heavy atom. The van der Waals surface area contributed by atoms with Gasteiger partial charge in [-0.25, -0.2) is 0 Å². The van der Waals surface area contributed by atoms with E-state index < -0.39 is 0 Å². The van der Waals surface area contributed by atoms with Gasteiger partial charge in [-0.05, 0) is 28.1 Å². The summed E-state index contributed by atoms with van der Waals surface area (Å²) < 4.78 is 5.55. The number of carbonyl (C=O) groups excluding carboxylic acids is 1. The molecule has 0 aliphatic carbocycles.